The quantitative estimate of drug-likeness (QED) is 0.0328. The lowest BCUT2D eigenvalue weighted by molar-refractivity contribution is -0.153. The number of nitrogens with zero attached hydrogens (tertiary/aromatic N) is 6. The number of aromatic nitrogens is 4. The number of benzene rings is 3. The molecule has 0 aliphatic carbocycles. The number of carbonyl (C=O) groups is 7. The van der Waals surface area contributed by atoms with Gasteiger partial charge in [0.05, 0.1) is 87.7 Å². The van der Waals surface area contributed by atoms with Crippen LogP contribution in [0.4, 0.5) is 11.5 Å². The van der Waals surface area contributed by atoms with Crippen LogP contribution in [0.1, 0.15) is 46.0 Å². The molecule has 5 heterocycles. The van der Waals surface area contributed by atoms with Crippen LogP contribution in [0.15, 0.2) is 91.8 Å². The van der Waals surface area contributed by atoms with E-state index in [4.69, 9.17) is 44.0 Å². The molecule has 2 fully saturated rings. The normalized spacial score (nSPS) is 17.5. The number of likely N-dealkylation sites (tertiary alicyclic amines) is 1. The molecular weight excluding hydrogens is 951 g/mol. The van der Waals surface area contributed by atoms with E-state index in [1.807, 2.05) is 54.6 Å². The first kappa shape index (κ1) is 51.4. The Bertz CT molecular complexity index is 2840. The van der Waals surface area contributed by atoms with Crippen molar-refractivity contribution in [3.63, 3.8) is 0 Å². The largest absolute Gasteiger partial charge is 0.462 e. The molecule has 3 aliphatic rings. The van der Waals surface area contributed by atoms with Crippen LogP contribution in [0.5, 0.6) is 11.5 Å². The standard InChI is InChI=1S/C50H53N9O14/c1-2-41(62)57-28-32(59-46-43(45(51)52-30-53-46)44(56-59)31-11-13-34(14-12-31)73-33-7-4-3-5-8-33)27-38(57)50(66)72-26-25-70-22-21-68-18-17-67-19-20-69-23-24-71-29-40(61)54-36-10-6-9-35-42(36)49(65)58(48(35)64)37-15-16-39(60)55-47(37)63/h2-14,30,32,37-38H,1,15-29H2,(H,54,61)(H2,51,52,53)(H,55,60,63)/t32-,37?,38-/m0/s1. The number of carbonyl (C=O) groups excluding carboxylic acids is 7. The zero-order valence-corrected chi connectivity index (χ0v) is 39.6. The number of para-hydroxylation sites is 1. The lowest BCUT2D eigenvalue weighted by Gasteiger charge is -2.27. The van der Waals surface area contributed by atoms with Crippen LogP contribution in [0.3, 0.4) is 0 Å². The molecule has 0 spiro atoms. The van der Waals surface area contributed by atoms with Crippen molar-refractivity contribution >= 4 is 64.0 Å². The second kappa shape index (κ2) is 24.4. The highest BCUT2D eigenvalue weighted by molar-refractivity contribution is 6.26. The molecule has 23 heteroatoms. The van der Waals surface area contributed by atoms with Gasteiger partial charge in [-0.25, -0.2) is 19.4 Å². The molecule has 23 nitrogen and oxygen atoms in total. The first-order valence-corrected chi connectivity index (χ1v) is 23.5. The predicted molar refractivity (Wildman–Crippen MR) is 258 cm³/mol. The third-order valence-corrected chi connectivity index (χ3v) is 11.9. The van der Waals surface area contributed by atoms with Gasteiger partial charge in [0.2, 0.25) is 23.6 Å². The number of esters is 1. The van der Waals surface area contributed by atoms with E-state index in [2.05, 4.69) is 27.2 Å². The van der Waals surface area contributed by atoms with Crippen molar-refractivity contribution < 1.29 is 66.7 Å². The zero-order chi connectivity index (χ0) is 51.3. The van der Waals surface area contributed by atoms with Crippen molar-refractivity contribution in [2.24, 2.45) is 0 Å². The summed E-state index contributed by atoms with van der Waals surface area (Å²) >= 11 is 0. The van der Waals surface area contributed by atoms with E-state index in [1.54, 1.807) is 4.68 Å². The average molecular weight is 1000 g/mol. The number of nitrogen functional groups attached to an aromatic ring is 1. The van der Waals surface area contributed by atoms with E-state index in [0.717, 1.165) is 16.5 Å². The molecular formula is C50H53N9O14. The third kappa shape index (κ3) is 12.4. The molecule has 1 unspecified atom stereocenters. The van der Waals surface area contributed by atoms with Gasteiger partial charge in [0.15, 0.2) is 5.65 Å². The predicted octanol–water partition coefficient (Wildman–Crippen LogP) is 2.86. The van der Waals surface area contributed by atoms with Gasteiger partial charge in [0.25, 0.3) is 11.8 Å². The van der Waals surface area contributed by atoms with Gasteiger partial charge in [-0.2, -0.15) is 5.10 Å². The molecule has 6 amide bonds. The van der Waals surface area contributed by atoms with E-state index >= 15 is 0 Å². The summed E-state index contributed by atoms with van der Waals surface area (Å²) in [5.74, 6) is -2.65. The number of hydrogen-bond acceptors (Lipinski definition) is 18. The fraction of sp³-hybridized carbons (Fsp3) is 0.360. The summed E-state index contributed by atoms with van der Waals surface area (Å²) in [5.41, 5.74) is 8.21. The zero-order valence-electron chi connectivity index (χ0n) is 39.6. The summed E-state index contributed by atoms with van der Waals surface area (Å²) in [6.45, 7) is 5.41. The van der Waals surface area contributed by atoms with Gasteiger partial charge < -0.3 is 49.1 Å². The smallest absolute Gasteiger partial charge is 0.329 e. The van der Waals surface area contributed by atoms with Crippen LogP contribution in [0.25, 0.3) is 22.3 Å². The molecule has 382 valence electrons. The summed E-state index contributed by atoms with van der Waals surface area (Å²) in [6, 6.07) is 18.7. The number of nitrogens with one attached hydrogen (secondary N) is 2. The summed E-state index contributed by atoms with van der Waals surface area (Å²) in [5, 5.41) is 10.2. The average Bonchev–Trinajstić information content (AvgIpc) is 4.08. The van der Waals surface area contributed by atoms with Crippen LogP contribution >= 0.6 is 0 Å². The topological polar surface area (TPSA) is 284 Å². The second-order valence-corrected chi connectivity index (χ2v) is 16.7. The Morgan fingerprint density at radius 2 is 1.44 bits per heavy atom. The molecule has 0 radical (unpaired) electrons. The number of fused-ring (bicyclic) bond motifs is 2. The van der Waals surface area contributed by atoms with E-state index in [1.165, 1.54) is 29.4 Å². The highest BCUT2D eigenvalue weighted by Gasteiger charge is 2.46. The van der Waals surface area contributed by atoms with Gasteiger partial charge in [-0.1, -0.05) is 30.8 Å². The minimum atomic E-state index is -1.13. The highest BCUT2D eigenvalue weighted by atomic mass is 16.6. The Morgan fingerprint density at radius 3 is 2.11 bits per heavy atom. The molecule has 73 heavy (non-hydrogen) atoms. The van der Waals surface area contributed by atoms with E-state index < -0.39 is 59.5 Å². The number of amides is 6. The molecule has 2 saturated heterocycles. The van der Waals surface area contributed by atoms with Gasteiger partial charge in [-0.05, 0) is 61.0 Å². The second-order valence-electron chi connectivity index (χ2n) is 16.7. The molecule has 0 bridgehead atoms. The third-order valence-electron chi connectivity index (χ3n) is 11.9. The Kier molecular flexibility index (Phi) is 17.2. The SMILES string of the molecule is C=CC(=O)N1C[C@@H](n2nc(-c3ccc(Oc4ccccc4)cc3)c3c(N)ncnc32)C[C@H]1C(=O)OCCOCCOCCOCCOCCOCC(=O)Nc1cccc2c1C(=O)N(C1CCC(=O)NC1=O)C2=O. The first-order chi connectivity index (χ1) is 35.5. The summed E-state index contributed by atoms with van der Waals surface area (Å²) in [7, 11) is 0. The van der Waals surface area contributed by atoms with Crippen LogP contribution in [0, 0.1) is 0 Å². The molecule has 4 N–H and O–H groups in total. The maximum Gasteiger partial charge on any atom is 0.329 e. The fourth-order valence-electron chi connectivity index (χ4n) is 8.48. The van der Waals surface area contributed by atoms with Crippen LogP contribution in [0.2, 0.25) is 0 Å². The summed E-state index contributed by atoms with van der Waals surface area (Å²) in [4.78, 5) is 100. The lowest BCUT2D eigenvalue weighted by atomic mass is 10.0. The van der Waals surface area contributed by atoms with Gasteiger partial charge in [0.1, 0.15) is 54.6 Å². The van der Waals surface area contributed by atoms with Crippen molar-refractivity contribution in [1.29, 1.82) is 0 Å². The van der Waals surface area contributed by atoms with Crippen molar-refractivity contribution in [3.05, 3.63) is 103 Å². The Balaban J connectivity index is 0.675. The molecule has 3 aliphatic heterocycles. The van der Waals surface area contributed by atoms with Crippen LogP contribution in [-0.4, -0.2) is 162 Å². The van der Waals surface area contributed by atoms with Gasteiger partial charge >= 0.3 is 5.97 Å². The molecule has 5 aromatic rings. The number of piperidine rings is 1. The maximum atomic E-state index is 13.4. The number of nitrogens with two attached hydrogens (primary N) is 1. The fourth-order valence-corrected chi connectivity index (χ4v) is 8.48. The van der Waals surface area contributed by atoms with E-state index in [0.29, 0.717) is 41.4 Å². The van der Waals surface area contributed by atoms with Crippen molar-refractivity contribution in [2.45, 2.75) is 37.4 Å². The number of imide groups is 2. The van der Waals surface area contributed by atoms with E-state index in [-0.39, 0.29) is 108 Å². The molecule has 0 saturated carbocycles. The number of rotatable bonds is 25. The molecule has 3 aromatic carbocycles. The highest BCUT2D eigenvalue weighted by Crippen LogP contribution is 2.37. The monoisotopic (exact) mass is 1000 g/mol. The molecule has 8 rings (SSSR count). The number of anilines is 2. The van der Waals surface area contributed by atoms with Crippen molar-refractivity contribution in [2.75, 3.05) is 90.3 Å². The van der Waals surface area contributed by atoms with Gasteiger partial charge in [-0.15, -0.1) is 0 Å². The summed E-state index contributed by atoms with van der Waals surface area (Å²) in [6.07, 6.45) is 2.70. The van der Waals surface area contributed by atoms with Crippen molar-refractivity contribution in [1.82, 2.24) is 34.9 Å². The van der Waals surface area contributed by atoms with Gasteiger partial charge in [-0.3, -0.25) is 39.0 Å². The minimum absolute atomic E-state index is 0.0104. The van der Waals surface area contributed by atoms with Gasteiger partial charge in [0, 0.05) is 24.9 Å². The lowest BCUT2D eigenvalue weighted by Crippen LogP contribution is -2.54. The summed E-state index contributed by atoms with van der Waals surface area (Å²) < 4.78 is 40.7. The van der Waals surface area contributed by atoms with E-state index in [9.17, 15) is 33.6 Å². The Labute approximate surface area is 417 Å². The number of hydrogen-bond donors (Lipinski definition) is 3. The Morgan fingerprint density at radius 1 is 0.781 bits per heavy atom. The van der Waals surface area contributed by atoms with Crippen molar-refractivity contribution in [3.8, 4) is 22.8 Å². The molecule has 2 aromatic heterocycles. The minimum Gasteiger partial charge on any atom is -0.462 e. The van der Waals surface area contributed by atoms with Crippen LogP contribution < -0.4 is 21.1 Å². The number of ether oxygens (including phenoxy) is 7. The Hall–Kier alpha value is -7.96. The first-order valence-electron chi connectivity index (χ1n) is 23.5. The maximum absolute atomic E-state index is 13.4. The molecule has 3 atom stereocenters. The van der Waals surface area contributed by atoms with Crippen LogP contribution in [-0.2, 0) is 52.4 Å².